The molecule has 1 aromatic heterocycles. The molecule has 134 valence electrons. The first-order chi connectivity index (χ1) is 12.0. The van der Waals surface area contributed by atoms with Crippen LogP contribution >= 0.6 is 11.3 Å². The van der Waals surface area contributed by atoms with Crippen LogP contribution in [-0.2, 0) is 9.59 Å². The minimum absolute atomic E-state index is 0.0242. The van der Waals surface area contributed by atoms with Crippen molar-refractivity contribution in [3.8, 4) is 11.3 Å². The Morgan fingerprint density at radius 1 is 1.24 bits per heavy atom. The molecule has 0 fully saturated rings. The van der Waals surface area contributed by atoms with Gasteiger partial charge in [0.25, 0.3) is 0 Å². The van der Waals surface area contributed by atoms with E-state index >= 15 is 0 Å². The Balaban J connectivity index is 1.96. The fourth-order valence-electron chi connectivity index (χ4n) is 2.44. The van der Waals surface area contributed by atoms with Gasteiger partial charge in [0.2, 0.25) is 11.8 Å². The van der Waals surface area contributed by atoms with Gasteiger partial charge in [-0.2, -0.15) is 0 Å². The van der Waals surface area contributed by atoms with Crippen molar-refractivity contribution < 1.29 is 9.59 Å². The number of nitrogens with zero attached hydrogens (tertiary/aromatic N) is 2. The molecule has 0 saturated heterocycles. The largest absolute Gasteiger partial charge is 0.333 e. The van der Waals surface area contributed by atoms with E-state index in [0.717, 1.165) is 17.7 Å². The highest BCUT2D eigenvalue weighted by molar-refractivity contribution is 7.14. The van der Waals surface area contributed by atoms with E-state index in [1.165, 1.54) is 11.3 Å². The van der Waals surface area contributed by atoms with E-state index in [2.05, 4.69) is 10.3 Å². The van der Waals surface area contributed by atoms with Crippen LogP contribution in [0.3, 0.4) is 0 Å². The number of benzene rings is 1. The lowest BCUT2D eigenvalue weighted by atomic mass is 10.1. The Morgan fingerprint density at radius 2 is 1.96 bits per heavy atom. The summed E-state index contributed by atoms with van der Waals surface area (Å²) in [6.45, 7) is 6.66. The van der Waals surface area contributed by atoms with Gasteiger partial charge < -0.3 is 10.2 Å². The molecule has 2 amide bonds. The first kappa shape index (κ1) is 19.1. The zero-order valence-corrected chi connectivity index (χ0v) is 15.8. The molecule has 0 radical (unpaired) electrons. The van der Waals surface area contributed by atoms with Crippen LogP contribution in [0.15, 0.2) is 35.7 Å². The molecular formula is C19H25N3O2S. The van der Waals surface area contributed by atoms with Crippen molar-refractivity contribution in [2.24, 2.45) is 5.92 Å². The standard InChI is InChI=1S/C19H25N3O2S/c1-4-10-22(18(24)11-14(2)3)12-17(23)21-19-20-16(13-25-19)15-8-6-5-7-9-15/h5-9,13-14H,4,10-12H2,1-3H3,(H,20,21,23). The smallest absolute Gasteiger partial charge is 0.245 e. The normalized spacial score (nSPS) is 10.7. The van der Waals surface area contributed by atoms with Gasteiger partial charge >= 0.3 is 0 Å². The number of carbonyl (C=O) groups excluding carboxylic acids is 2. The second kappa shape index (κ2) is 9.32. The number of hydrogen-bond donors (Lipinski definition) is 1. The van der Waals surface area contributed by atoms with E-state index in [0.29, 0.717) is 18.1 Å². The molecule has 5 nitrogen and oxygen atoms in total. The van der Waals surface area contributed by atoms with Crippen molar-refractivity contribution in [3.05, 3.63) is 35.7 Å². The fourth-order valence-corrected chi connectivity index (χ4v) is 3.18. The summed E-state index contributed by atoms with van der Waals surface area (Å²) in [4.78, 5) is 30.6. The van der Waals surface area contributed by atoms with Crippen LogP contribution in [0.4, 0.5) is 5.13 Å². The average Bonchev–Trinajstić information content (AvgIpc) is 3.03. The highest BCUT2D eigenvalue weighted by atomic mass is 32.1. The highest BCUT2D eigenvalue weighted by Crippen LogP contribution is 2.24. The zero-order valence-electron chi connectivity index (χ0n) is 15.0. The number of anilines is 1. The third kappa shape index (κ3) is 5.98. The van der Waals surface area contributed by atoms with E-state index in [-0.39, 0.29) is 24.3 Å². The molecule has 1 aromatic carbocycles. The van der Waals surface area contributed by atoms with E-state index in [4.69, 9.17) is 0 Å². The SMILES string of the molecule is CCCN(CC(=O)Nc1nc(-c2ccccc2)cs1)C(=O)CC(C)C. The van der Waals surface area contributed by atoms with Crippen LogP contribution in [0.1, 0.15) is 33.6 Å². The maximum Gasteiger partial charge on any atom is 0.245 e. The molecule has 2 aromatic rings. The molecule has 0 aliphatic heterocycles. The number of rotatable bonds is 8. The Labute approximate surface area is 153 Å². The Hall–Kier alpha value is -2.21. The maximum absolute atomic E-state index is 12.3. The minimum Gasteiger partial charge on any atom is -0.333 e. The number of nitrogens with one attached hydrogen (secondary N) is 1. The summed E-state index contributed by atoms with van der Waals surface area (Å²) in [5.74, 6) is 0.0953. The van der Waals surface area contributed by atoms with Crippen LogP contribution in [0.2, 0.25) is 0 Å². The molecule has 0 spiro atoms. The third-order valence-corrected chi connectivity index (χ3v) is 4.34. The monoisotopic (exact) mass is 359 g/mol. The van der Waals surface area contributed by atoms with Gasteiger partial charge in [-0.25, -0.2) is 4.98 Å². The minimum atomic E-state index is -0.209. The molecule has 6 heteroatoms. The number of aromatic nitrogens is 1. The second-order valence-corrected chi connectivity index (χ2v) is 7.22. The molecule has 25 heavy (non-hydrogen) atoms. The molecule has 0 aliphatic carbocycles. The first-order valence-electron chi connectivity index (χ1n) is 8.58. The van der Waals surface area contributed by atoms with Crippen molar-refractivity contribution in [3.63, 3.8) is 0 Å². The van der Waals surface area contributed by atoms with Crippen molar-refractivity contribution in [1.82, 2.24) is 9.88 Å². The number of thiazole rings is 1. The van der Waals surface area contributed by atoms with Crippen LogP contribution in [0.25, 0.3) is 11.3 Å². The summed E-state index contributed by atoms with van der Waals surface area (Å²) < 4.78 is 0. The van der Waals surface area contributed by atoms with Gasteiger partial charge in [0.1, 0.15) is 0 Å². The summed E-state index contributed by atoms with van der Waals surface area (Å²) in [6.07, 6.45) is 1.29. The fraction of sp³-hybridized carbons (Fsp3) is 0.421. The van der Waals surface area contributed by atoms with Gasteiger partial charge in [0.15, 0.2) is 5.13 Å². The summed E-state index contributed by atoms with van der Waals surface area (Å²) in [5.41, 5.74) is 1.85. The van der Waals surface area contributed by atoms with Crippen LogP contribution in [-0.4, -0.2) is 34.8 Å². The lowest BCUT2D eigenvalue weighted by Crippen LogP contribution is -2.39. The Morgan fingerprint density at radius 3 is 2.60 bits per heavy atom. The number of hydrogen-bond acceptors (Lipinski definition) is 4. The van der Waals surface area contributed by atoms with Gasteiger partial charge in [-0.15, -0.1) is 11.3 Å². The van der Waals surface area contributed by atoms with Gasteiger partial charge in [0.05, 0.1) is 12.2 Å². The topological polar surface area (TPSA) is 62.3 Å². The van der Waals surface area contributed by atoms with Crippen LogP contribution < -0.4 is 5.32 Å². The van der Waals surface area contributed by atoms with Gasteiger partial charge in [-0.1, -0.05) is 51.1 Å². The quantitative estimate of drug-likeness (QED) is 0.774. The third-order valence-electron chi connectivity index (χ3n) is 3.58. The lowest BCUT2D eigenvalue weighted by molar-refractivity contribution is -0.135. The molecule has 0 atom stereocenters. The summed E-state index contributed by atoms with van der Waals surface area (Å²) >= 11 is 1.39. The predicted molar refractivity (Wildman–Crippen MR) is 103 cm³/mol. The summed E-state index contributed by atoms with van der Waals surface area (Å²) in [6, 6.07) is 9.82. The molecule has 0 saturated carbocycles. The Bertz CT molecular complexity index is 698. The van der Waals surface area contributed by atoms with Crippen molar-refractivity contribution >= 4 is 28.3 Å². The van der Waals surface area contributed by atoms with Gasteiger partial charge in [-0.05, 0) is 12.3 Å². The zero-order chi connectivity index (χ0) is 18.2. The molecule has 0 bridgehead atoms. The summed E-state index contributed by atoms with van der Waals surface area (Å²) in [7, 11) is 0. The molecule has 2 rings (SSSR count). The van der Waals surface area contributed by atoms with Crippen molar-refractivity contribution in [2.75, 3.05) is 18.4 Å². The second-order valence-electron chi connectivity index (χ2n) is 6.37. The van der Waals surface area contributed by atoms with Crippen molar-refractivity contribution in [2.45, 2.75) is 33.6 Å². The van der Waals surface area contributed by atoms with E-state index in [9.17, 15) is 9.59 Å². The van der Waals surface area contributed by atoms with E-state index in [1.807, 2.05) is 56.5 Å². The number of carbonyl (C=O) groups is 2. The number of amides is 2. The van der Waals surface area contributed by atoms with Gasteiger partial charge in [-0.3, -0.25) is 9.59 Å². The first-order valence-corrected chi connectivity index (χ1v) is 9.46. The molecule has 0 aliphatic rings. The van der Waals surface area contributed by atoms with Crippen LogP contribution in [0.5, 0.6) is 0 Å². The highest BCUT2D eigenvalue weighted by Gasteiger charge is 2.18. The molecule has 0 unspecified atom stereocenters. The van der Waals surface area contributed by atoms with E-state index in [1.54, 1.807) is 4.90 Å². The molecule has 1 heterocycles. The van der Waals surface area contributed by atoms with Crippen LogP contribution in [0, 0.1) is 5.92 Å². The van der Waals surface area contributed by atoms with Gasteiger partial charge in [0, 0.05) is 23.9 Å². The summed E-state index contributed by atoms with van der Waals surface area (Å²) in [5, 5.41) is 5.27. The predicted octanol–water partition coefficient (Wildman–Crippen LogP) is 4.03. The van der Waals surface area contributed by atoms with Crippen molar-refractivity contribution in [1.29, 1.82) is 0 Å². The molecular weight excluding hydrogens is 334 g/mol. The average molecular weight is 359 g/mol. The lowest BCUT2D eigenvalue weighted by Gasteiger charge is -2.22. The maximum atomic E-state index is 12.3. The molecule has 1 N–H and O–H groups in total. The Kier molecular flexibility index (Phi) is 7.13. The van der Waals surface area contributed by atoms with E-state index < -0.39 is 0 Å².